The highest BCUT2D eigenvalue weighted by Gasteiger charge is 2.22. The fourth-order valence-electron chi connectivity index (χ4n) is 1.94. The smallest absolute Gasteiger partial charge is 0.254 e. The second-order valence-electron chi connectivity index (χ2n) is 4.75. The lowest BCUT2D eigenvalue weighted by molar-refractivity contribution is 0.0911. The molecule has 24 heavy (non-hydrogen) atoms. The fourth-order valence-corrected chi connectivity index (χ4v) is 1.94. The Hall–Kier alpha value is -2.55. The molecule has 0 bridgehead atoms. The van der Waals surface area contributed by atoms with Gasteiger partial charge in [0.1, 0.15) is 5.82 Å². The van der Waals surface area contributed by atoms with E-state index in [0.717, 1.165) is 0 Å². The van der Waals surface area contributed by atoms with Gasteiger partial charge in [-0.05, 0) is 23.8 Å². The number of carbonyl (C=O) groups is 1. The Morgan fingerprint density at radius 1 is 0.875 bits per heavy atom. The van der Waals surface area contributed by atoms with Gasteiger partial charge in [0.2, 0.25) is 0 Å². The molecule has 1 unspecified atom stereocenters. The molecule has 128 valence electrons. The van der Waals surface area contributed by atoms with Crippen molar-refractivity contribution in [3.05, 3.63) is 70.3 Å². The Kier molecular flexibility index (Phi) is 5.13. The second-order valence-corrected chi connectivity index (χ2v) is 4.75. The Morgan fingerprint density at radius 3 is 1.96 bits per heavy atom. The summed E-state index contributed by atoms with van der Waals surface area (Å²) in [5, 5.41) is 11.2. The third-order valence-electron chi connectivity index (χ3n) is 3.15. The maximum absolute atomic E-state index is 13.5. The molecule has 3 nitrogen and oxygen atoms in total. The van der Waals surface area contributed by atoms with Gasteiger partial charge in [0.05, 0.1) is 18.2 Å². The van der Waals surface area contributed by atoms with E-state index in [4.69, 9.17) is 0 Å². The summed E-state index contributed by atoms with van der Waals surface area (Å²) >= 11 is 0. The van der Waals surface area contributed by atoms with Crippen molar-refractivity contribution in [2.24, 2.45) is 0 Å². The minimum atomic E-state index is -1.74. The summed E-state index contributed by atoms with van der Waals surface area (Å²) in [6.07, 6.45) is 0. The van der Waals surface area contributed by atoms with Crippen LogP contribution in [0.4, 0.5) is 26.3 Å². The summed E-state index contributed by atoms with van der Waals surface area (Å²) in [5.41, 5.74) is -1.22. The number of halogens is 6. The molecule has 2 N–H and O–H groups in total. The predicted molar refractivity (Wildman–Crippen MR) is 69.9 cm³/mol. The summed E-state index contributed by atoms with van der Waals surface area (Å²) in [5.74, 6) is -10.5. The molecule has 0 radical (unpaired) electrons. The van der Waals surface area contributed by atoms with E-state index in [1.165, 1.54) is 0 Å². The normalized spacial score (nSPS) is 12.1. The van der Waals surface area contributed by atoms with Crippen molar-refractivity contribution in [1.29, 1.82) is 0 Å². The maximum atomic E-state index is 13.5. The van der Waals surface area contributed by atoms with Crippen molar-refractivity contribution in [3.8, 4) is 0 Å². The van der Waals surface area contributed by atoms with Gasteiger partial charge in [-0.25, -0.2) is 26.3 Å². The van der Waals surface area contributed by atoms with Gasteiger partial charge in [-0.1, -0.05) is 0 Å². The lowest BCUT2D eigenvalue weighted by atomic mass is 10.1. The molecule has 2 aromatic rings. The molecule has 0 aliphatic heterocycles. The van der Waals surface area contributed by atoms with Crippen LogP contribution >= 0.6 is 0 Å². The van der Waals surface area contributed by atoms with Gasteiger partial charge < -0.3 is 10.4 Å². The SMILES string of the molecule is O=C(NC(CO)c1cc(F)c(F)c(F)c1)c1cc(F)c(F)cc1F. The summed E-state index contributed by atoms with van der Waals surface area (Å²) in [7, 11) is 0. The molecule has 1 atom stereocenters. The monoisotopic (exact) mass is 349 g/mol. The molecule has 0 heterocycles. The van der Waals surface area contributed by atoms with Crippen molar-refractivity contribution in [2.45, 2.75) is 6.04 Å². The first kappa shape index (κ1) is 17.8. The molecule has 0 spiro atoms. The number of carbonyl (C=O) groups excluding carboxylic acids is 1. The lowest BCUT2D eigenvalue weighted by Gasteiger charge is -2.17. The molecule has 0 saturated heterocycles. The number of aliphatic hydroxyl groups excluding tert-OH is 1. The molecule has 0 saturated carbocycles. The number of amides is 1. The van der Waals surface area contributed by atoms with Crippen LogP contribution in [0.2, 0.25) is 0 Å². The molecule has 1 amide bonds. The topological polar surface area (TPSA) is 49.3 Å². The average molecular weight is 349 g/mol. The van der Waals surface area contributed by atoms with E-state index in [9.17, 15) is 36.2 Å². The van der Waals surface area contributed by atoms with E-state index >= 15 is 0 Å². The third-order valence-corrected chi connectivity index (χ3v) is 3.15. The van der Waals surface area contributed by atoms with Crippen LogP contribution in [0.1, 0.15) is 22.0 Å². The van der Waals surface area contributed by atoms with Crippen molar-refractivity contribution >= 4 is 5.91 Å². The zero-order valence-electron chi connectivity index (χ0n) is 11.7. The average Bonchev–Trinajstić information content (AvgIpc) is 2.53. The Labute approximate surface area is 131 Å². The highest BCUT2D eigenvalue weighted by molar-refractivity contribution is 5.94. The number of hydrogen-bond acceptors (Lipinski definition) is 2. The third kappa shape index (κ3) is 3.51. The van der Waals surface area contributed by atoms with E-state index in [0.29, 0.717) is 18.2 Å². The summed E-state index contributed by atoms with van der Waals surface area (Å²) < 4.78 is 78.8. The van der Waals surface area contributed by atoms with Crippen molar-refractivity contribution in [2.75, 3.05) is 6.61 Å². The first-order chi connectivity index (χ1) is 11.2. The number of aliphatic hydroxyl groups is 1. The fraction of sp³-hybridized carbons (Fsp3) is 0.133. The molecular weight excluding hydrogens is 340 g/mol. The van der Waals surface area contributed by atoms with Crippen LogP contribution in [0.5, 0.6) is 0 Å². The minimum absolute atomic E-state index is 0.148. The molecule has 0 aromatic heterocycles. The molecule has 2 aromatic carbocycles. The van der Waals surface area contributed by atoms with E-state index in [1.54, 1.807) is 0 Å². The number of nitrogens with one attached hydrogen (secondary N) is 1. The van der Waals surface area contributed by atoms with E-state index in [2.05, 4.69) is 0 Å². The lowest BCUT2D eigenvalue weighted by Crippen LogP contribution is -2.31. The van der Waals surface area contributed by atoms with Gasteiger partial charge in [0.15, 0.2) is 29.1 Å². The molecule has 9 heteroatoms. The Balaban J connectivity index is 2.31. The zero-order valence-corrected chi connectivity index (χ0v) is 11.7. The standard InChI is InChI=1S/C15H9F6NO2/c16-8-4-10(18)9(17)3-7(8)15(24)22-13(5-23)6-1-11(19)14(21)12(20)2-6/h1-4,13,23H,5H2,(H,22,24). The maximum Gasteiger partial charge on any atom is 0.254 e. The number of hydrogen-bond donors (Lipinski definition) is 2. The summed E-state index contributed by atoms with van der Waals surface area (Å²) in [6, 6.07) is 0.0625. The van der Waals surface area contributed by atoms with Gasteiger partial charge >= 0.3 is 0 Å². The van der Waals surface area contributed by atoms with Crippen LogP contribution in [0.25, 0.3) is 0 Å². The quantitative estimate of drug-likeness (QED) is 0.507. The van der Waals surface area contributed by atoms with Gasteiger partial charge in [-0.15, -0.1) is 0 Å². The van der Waals surface area contributed by atoms with Gasteiger partial charge in [0, 0.05) is 6.07 Å². The molecule has 2 rings (SSSR count). The molecule has 0 fully saturated rings. The Morgan fingerprint density at radius 2 is 1.42 bits per heavy atom. The Bertz CT molecular complexity index is 773. The van der Waals surface area contributed by atoms with Crippen LogP contribution in [0.15, 0.2) is 24.3 Å². The first-order valence-corrected chi connectivity index (χ1v) is 6.45. The van der Waals surface area contributed by atoms with E-state index in [1.807, 2.05) is 5.32 Å². The second kappa shape index (κ2) is 6.91. The van der Waals surface area contributed by atoms with E-state index < -0.39 is 59.0 Å². The van der Waals surface area contributed by atoms with Crippen molar-refractivity contribution < 1.29 is 36.2 Å². The van der Waals surface area contributed by atoms with Crippen LogP contribution in [-0.2, 0) is 0 Å². The number of rotatable bonds is 4. The molecule has 0 aliphatic rings. The minimum Gasteiger partial charge on any atom is -0.394 e. The van der Waals surface area contributed by atoms with Crippen LogP contribution in [0.3, 0.4) is 0 Å². The highest BCUT2D eigenvalue weighted by atomic mass is 19.2. The molecular formula is C15H9F6NO2. The summed E-state index contributed by atoms with van der Waals surface area (Å²) in [4.78, 5) is 11.9. The van der Waals surface area contributed by atoms with Crippen LogP contribution in [-0.4, -0.2) is 17.6 Å². The van der Waals surface area contributed by atoms with Crippen LogP contribution in [0, 0.1) is 34.9 Å². The zero-order chi connectivity index (χ0) is 18.0. The first-order valence-electron chi connectivity index (χ1n) is 6.45. The van der Waals surface area contributed by atoms with E-state index in [-0.39, 0.29) is 11.6 Å². The predicted octanol–water partition coefficient (Wildman–Crippen LogP) is 2.98. The van der Waals surface area contributed by atoms with Crippen LogP contribution < -0.4 is 5.32 Å². The molecule has 0 aliphatic carbocycles. The largest absolute Gasteiger partial charge is 0.394 e. The van der Waals surface area contributed by atoms with Gasteiger partial charge in [0.25, 0.3) is 5.91 Å². The van der Waals surface area contributed by atoms with Gasteiger partial charge in [-0.2, -0.15) is 0 Å². The summed E-state index contributed by atoms with van der Waals surface area (Å²) in [6.45, 7) is -0.873. The number of benzene rings is 2. The highest BCUT2D eigenvalue weighted by Crippen LogP contribution is 2.20. The van der Waals surface area contributed by atoms with Crippen molar-refractivity contribution in [1.82, 2.24) is 5.32 Å². The van der Waals surface area contributed by atoms with Crippen molar-refractivity contribution in [3.63, 3.8) is 0 Å². The van der Waals surface area contributed by atoms with Gasteiger partial charge in [-0.3, -0.25) is 4.79 Å².